The van der Waals surface area contributed by atoms with Gasteiger partial charge in [-0.15, -0.1) is 0 Å². The minimum atomic E-state index is -3.86. The standard InChI is InChI=1S/C19H17NO3S/c1-12-10-14(3)19(11-13(12)2)24(22,23)20-17-8-9-18(21)16-7-5-4-6-15(16)17/h4-11H,1-3H3. The van der Waals surface area contributed by atoms with E-state index in [9.17, 15) is 13.2 Å². The first-order chi connectivity index (χ1) is 11.3. The number of ketones is 1. The van der Waals surface area contributed by atoms with Crippen LogP contribution in [0.2, 0.25) is 0 Å². The SMILES string of the molecule is Cc1cc(C)c(S(=O)(=O)N=C2C=CC(=O)c3ccccc32)cc1C. The summed E-state index contributed by atoms with van der Waals surface area (Å²) in [5.41, 5.74) is 3.87. The maximum atomic E-state index is 12.8. The smallest absolute Gasteiger partial charge is 0.283 e. The minimum absolute atomic E-state index is 0.149. The first-order valence-corrected chi connectivity index (χ1v) is 8.98. The molecule has 3 rings (SSSR count). The summed E-state index contributed by atoms with van der Waals surface area (Å²) < 4.78 is 29.5. The zero-order chi connectivity index (χ0) is 17.5. The number of aryl methyl sites for hydroxylation is 3. The molecule has 0 unspecified atom stereocenters. The Morgan fingerprint density at radius 3 is 2.17 bits per heavy atom. The molecular formula is C19H17NO3S. The van der Waals surface area contributed by atoms with Gasteiger partial charge in [0.15, 0.2) is 5.78 Å². The van der Waals surface area contributed by atoms with Crippen LogP contribution in [0.5, 0.6) is 0 Å². The molecule has 0 N–H and O–H groups in total. The third-order valence-corrected chi connectivity index (χ3v) is 5.58. The van der Waals surface area contributed by atoms with Crippen LogP contribution in [0.4, 0.5) is 0 Å². The lowest BCUT2D eigenvalue weighted by molar-refractivity contribution is 0.104. The number of fused-ring (bicyclic) bond motifs is 1. The van der Waals surface area contributed by atoms with Crippen LogP contribution in [0.1, 0.15) is 32.6 Å². The van der Waals surface area contributed by atoms with Crippen LogP contribution in [-0.2, 0) is 10.0 Å². The van der Waals surface area contributed by atoms with Gasteiger partial charge in [-0.1, -0.05) is 30.3 Å². The monoisotopic (exact) mass is 339 g/mol. The van der Waals surface area contributed by atoms with Crippen molar-refractivity contribution in [2.24, 2.45) is 4.40 Å². The summed E-state index contributed by atoms with van der Waals surface area (Å²) in [5.74, 6) is -0.149. The lowest BCUT2D eigenvalue weighted by atomic mass is 9.95. The van der Waals surface area contributed by atoms with Gasteiger partial charge in [-0.3, -0.25) is 4.79 Å². The number of nitrogens with zero attached hydrogens (tertiary/aromatic N) is 1. The van der Waals surface area contributed by atoms with Crippen LogP contribution in [0.15, 0.2) is 57.8 Å². The molecule has 0 aliphatic heterocycles. The Kier molecular flexibility index (Phi) is 3.97. The predicted molar refractivity (Wildman–Crippen MR) is 94.3 cm³/mol. The van der Waals surface area contributed by atoms with Crippen molar-refractivity contribution < 1.29 is 13.2 Å². The maximum Gasteiger partial charge on any atom is 0.283 e. The molecule has 0 saturated carbocycles. The molecular weight excluding hydrogens is 322 g/mol. The number of hydrogen-bond donors (Lipinski definition) is 0. The summed E-state index contributed by atoms with van der Waals surface area (Å²) in [6.45, 7) is 5.57. The number of hydrogen-bond acceptors (Lipinski definition) is 3. The van der Waals surface area contributed by atoms with E-state index in [-0.39, 0.29) is 16.4 Å². The summed E-state index contributed by atoms with van der Waals surface area (Å²) in [7, 11) is -3.86. The van der Waals surface area contributed by atoms with Crippen LogP contribution in [0, 0.1) is 20.8 Å². The van der Waals surface area contributed by atoms with Crippen LogP contribution in [-0.4, -0.2) is 19.9 Å². The van der Waals surface area contributed by atoms with E-state index in [0.717, 1.165) is 11.1 Å². The van der Waals surface area contributed by atoms with Gasteiger partial charge in [-0.2, -0.15) is 12.8 Å². The quantitative estimate of drug-likeness (QED) is 0.840. The van der Waals surface area contributed by atoms with E-state index in [2.05, 4.69) is 4.40 Å². The summed E-state index contributed by atoms with van der Waals surface area (Å²) in [6, 6.07) is 10.4. The lowest BCUT2D eigenvalue weighted by Gasteiger charge is -2.13. The molecule has 5 heteroatoms. The highest BCUT2D eigenvalue weighted by atomic mass is 32.2. The fourth-order valence-corrected chi connectivity index (χ4v) is 4.03. The molecule has 24 heavy (non-hydrogen) atoms. The second-order valence-electron chi connectivity index (χ2n) is 5.90. The molecule has 0 amide bonds. The first kappa shape index (κ1) is 16.3. The number of carbonyl (C=O) groups is 1. The second-order valence-corrected chi connectivity index (χ2v) is 7.47. The van der Waals surface area contributed by atoms with E-state index in [1.807, 2.05) is 19.9 Å². The van der Waals surface area contributed by atoms with Crippen molar-refractivity contribution >= 4 is 21.5 Å². The highest BCUT2D eigenvalue weighted by Crippen LogP contribution is 2.24. The van der Waals surface area contributed by atoms with Gasteiger partial charge >= 0.3 is 0 Å². The van der Waals surface area contributed by atoms with E-state index < -0.39 is 10.0 Å². The van der Waals surface area contributed by atoms with Gasteiger partial charge < -0.3 is 0 Å². The van der Waals surface area contributed by atoms with E-state index >= 15 is 0 Å². The number of rotatable bonds is 2. The van der Waals surface area contributed by atoms with Crippen molar-refractivity contribution in [3.05, 3.63) is 76.4 Å². The normalized spacial score (nSPS) is 15.6. The molecule has 0 fully saturated rings. The number of benzene rings is 2. The Morgan fingerprint density at radius 1 is 0.833 bits per heavy atom. The van der Waals surface area contributed by atoms with Crippen molar-refractivity contribution in [3.63, 3.8) is 0 Å². The van der Waals surface area contributed by atoms with Gasteiger partial charge in [0.25, 0.3) is 10.0 Å². The van der Waals surface area contributed by atoms with E-state index in [1.165, 1.54) is 12.2 Å². The van der Waals surface area contributed by atoms with E-state index in [1.54, 1.807) is 37.3 Å². The Labute approximate surface area is 141 Å². The minimum Gasteiger partial charge on any atom is -0.289 e. The predicted octanol–water partition coefficient (Wildman–Crippen LogP) is 3.54. The highest BCUT2D eigenvalue weighted by Gasteiger charge is 2.22. The molecule has 2 aromatic rings. The largest absolute Gasteiger partial charge is 0.289 e. The zero-order valence-corrected chi connectivity index (χ0v) is 14.5. The fourth-order valence-electron chi connectivity index (χ4n) is 2.73. The Bertz CT molecular complexity index is 1010. The Morgan fingerprint density at radius 2 is 1.46 bits per heavy atom. The Hall–Kier alpha value is -2.53. The second kappa shape index (κ2) is 5.83. The molecule has 0 heterocycles. The topological polar surface area (TPSA) is 63.6 Å². The summed E-state index contributed by atoms with van der Waals surface area (Å²) >= 11 is 0. The van der Waals surface area contributed by atoms with Crippen molar-refractivity contribution in [1.82, 2.24) is 0 Å². The van der Waals surface area contributed by atoms with Gasteiger partial charge in [0.1, 0.15) is 0 Å². The van der Waals surface area contributed by atoms with Crippen LogP contribution < -0.4 is 0 Å². The summed E-state index contributed by atoms with van der Waals surface area (Å²) in [4.78, 5) is 12.1. The molecule has 0 aromatic heterocycles. The van der Waals surface area contributed by atoms with Crippen LogP contribution in [0.25, 0.3) is 0 Å². The van der Waals surface area contributed by atoms with Gasteiger partial charge in [0.05, 0.1) is 10.6 Å². The van der Waals surface area contributed by atoms with Gasteiger partial charge in [0.2, 0.25) is 0 Å². The Balaban J connectivity index is 2.16. The fraction of sp³-hybridized carbons (Fsp3) is 0.158. The number of carbonyl (C=O) groups excluding carboxylic acids is 1. The maximum absolute atomic E-state index is 12.8. The zero-order valence-electron chi connectivity index (χ0n) is 13.7. The number of allylic oxidation sites excluding steroid dienone is 2. The van der Waals surface area contributed by atoms with Crippen molar-refractivity contribution in [1.29, 1.82) is 0 Å². The highest BCUT2D eigenvalue weighted by molar-refractivity contribution is 7.90. The average Bonchev–Trinajstić information content (AvgIpc) is 2.53. The molecule has 0 radical (unpaired) electrons. The molecule has 1 aliphatic carbocycles. The molecule has 0 atom stereocenters. The molecule has 1 aliphatic rings. The summed E-state index contributed by atoms with van der Waals surface area (Å²) in [6.07, 6.45) is 2.81. The average molecular weight is 339 g/mol. The van der Waals surface area contributed by atoms with Gasteiger partial charge in [-0.25, -0.2) is 0 Å². The summed E-state index contributed by atoms with van der Waals surface area (Å²) in [5, 5.41) is 0. The van der Waals surface area contributed by atoms with Crippen molar-refractivity contribution in [2.45, 2.75) is 25.7 Å². The van der Waals surface area contributed by atoms with Crippen molar-refractivity contribution in [3.8, 4) is 0 Å². The number of sulfonamides is 1. The molecule has 0 spiro atoms. The third-order valence-electron chi connectivity index (χ3n) is 4.15. The third kappa shape index (κ3) is 2.83. The van der Waals surface area contributed by atoms with Crippen molar-refractivity contribution in [2.75, 3.05) is 0 Å². The lowest BCUT2D eigenvalue weighted by Crippen LogP contribution is -2.14. The van der Waals surface area contributed by atoms with Gasteiger partial charge in [-0.05, 0) is 55.7 Å². The molecule has 0 bridgehead atoms. The molecule has 2 aromatic carbocycles. The first-order valence-electron chi connectivity index (χ1n) is 7.54. The molecule has 4 nitrogen and oxygen atoms in total. The van der Waals surface area contributed by atoms with Crippen LogP contribution in [0.3, 0.4) is 0 Å². The van der Waals surface area contributed by atoms with Crippen LogP contribution >= 0.6 is 0 Å². The molecule has 122 valence electrons. The van der Waals surface area contributed by atoms with Gasteiger partial charge in [0, 0.05) is 11.1 Å². The van der Waals surface area contributed by atoms with E-state index in [4.69, 9.17) is 0 Å². The van der Waals surface area contributed by atoms with E-state index in [0.29, 0.717) is 16.7 Å². The molecule has 0 saturated heterocycles.